The van der Waals surface area contributed by atoms with Gasteiger partial charge in [-0.15, -0.1) is 0 Å². The van der Waals surface area contributed by atoms with Gasteiger partial charge in [-0.2, -0.15) is 0 Å². The van der Waals surface area contributed by atoms with Crippen LogP contribution in [0.2, 0.25) is 0 Å². The van der Waals surface area contributed by atoms with Crippen molar-refractivity contribution in [3.8, 4) is 0 Å². The molecule has 0 aliphatic carbocycles. The number of anilines is 2. The number of hydrogen-bond donors (Lipinski definition) is 1. The summed E-state index contributed by atoms with van der Waals surface area (Å²) in [7, 11) is 0. The first-order chi connectivity index (χ1) is 6.27. The summed E-state index contributed by atoms with van der Waals surface area (Å²) in [5.74, 6) is 0. The zero-order valence-electron chi connectivity index (χ0n) is 7.33. The number of rotatable bonds is 1. The molecule has 3 nitrogen and oxygen atoms in total. The number of hydrogen-bond acceptors (Lipinski definition) is 3. The lowest BCUT2D eigenvalue weighted by Gasteiger charge is -2.19. The Morgan fingerprint density at radius 1 is 1.38 bits per heavy atom. The summed E-state index contributed by atoms with van der Waals surface area (Å²) in [6, 6.07) is 1.99. The van der Waals surface area contributed by atoms with Crippen molar-refractivity contribution in [1.29, 1.82) is 0 Å². The Balaban J connectivity index is 2.32. The maximum absolute atomic E-state index is 5.84. The first-order valence-electron chi connectivity index (χ1n) is 4.43. The number of nitrogens with zero attached hydrogens (tertiary/aromatic N) is 2. The largest absolute Gasteiger partial charge is 0.396 e. The van der Waals surface area contributed by atoms with Crippen molar-refractivity contribution in [2.45, 2.75) is 12.8 Å². The molecule has 0 bridgehead atoms. The van der Waals surface area contributed by atoms with Crippen molar-refractivity contribution in [3.63, 3.8) is 0 Å². The van der Waals surface area contributed by atoms with Crippen LogP contribution < -0.4 is 10.6 Å². The summed E-state index contributed by atoms with van der Waals surface area (Å²) < 4.78 is 0.851. The van der Waals surface area contributed by atoms with Gasteiger partial charge in [0, 0.05) is 13.1 Å². The Morgan fingerprint density at radius 3 is 2.77 bits per heavy atom. The maximum Gasteiger partial charge on any atom is 0.108 e. The van der Waals surface area contributed by atoms with Crippen LogP contribution in [-0.4, -0.2) is 18.1 Å². The Bertz CT molecular complexity index is 308. The average Bonchev–Trinajstić information content (AvgIpc) is 2.61. The van der Waals surface area contributed by atoms with Crippen molar-refractivity contribution in [2.75, 3.05) is 23.7 Å². The van der Waals surface area contributed by atoms with Crippen LogP contribution in [0.3, 0.4) is 0 Å². The molecule has 1 fully saturated rings. The van der Waals surface area contributed by atoms with Crippen LogP contribution in [0.5, 0.6) is 0 Å². The zero-order valence-corrected chi connectivity index (χ0v) is 8.92. The van der Waals surface area contributed by atoms with Gasteiger partial charge in [0.15, 0.2) is 0 Å². The Hall–Kier alpha value is -0.770. The molecule has 0 atom stereocenters. The van der Waals surface area contributed by atoms with Gasteiger partial charge in [0.2, 0.25) is 0 Å². The van der Waals surface area contributed by atoms with Crippen LogP contribution in [0.15, 0.2) is 16.9 Å². The highest BCUT2D eigenvalue weighted by molar-refractivity contribution is 9.10. The minimum atomic E-state index is 0.769. The van der Waals surface area contributed by atoms with Gasteiger partial charge in [-0.25, -0.2) is 4.98 Å². The van der Waals surface area contributed by atoms with Crippen molar-refractivity contribution in [1.82, 2.24) is 4.98 Å². The normalized spacial score (nSPS) is 16.5. The molecule has 2 N–H and O–H groups in total. The number of aromatic nitrogens is 1. The van der Waals surface area contributed by atoms with E-state index in [0.29, 0.717) is 0 Å². The second kappa shape index (κ2) is 3.54. The molecule has 70 valence electrons. The van der Waals surface area contributed by atoms with Gasteiger partial charge in [-0.1, -0.05) is 0 Å². The van der Waals surface area contributed by atoms with Gasteiger partial charge in [0.25, 0.3) is 0 Å². The number of pyridine rings is 1. The van der Waals surface area contributed by atoms with Crippen molar-refractivity contribution < 1.29 is 0 Å². The van der Waals surface area contributed by atoms with E-state index < -0.39 is 0 Å². The maximum atomic E-state index is 5.84. The molecular formula is C9H12BrN3. The fourth-order valence-corrected chi connectivity index (χ4v) is 1.98. The molecule has 1 saturated heterocycles. The first-order valence-corrected chi connectivity index (χ1v) is 5.22. The predicted molar refractivity (Wildman–Crippen MR) is 57.8 cm³/mol. The molecule has 1 aliphatic heterocycles. The summed E-state index contributed by atoms with van der Waals surface area (Å²) in [4.78, 5) is 6.38. The quantitative estimate of drug-likeness (QED) is 0.766. The molecule has 2 heterocycles. The lowest BCUT2D eigenvalue weighted by atomic mass is 10.3. The second-order valence-corrected chi connectivity index (χ2v) is 4.07. The highest BCUT2D eigenvalue weighted by Crippen LogP contribution is 2.27. The molecule has 1 aromatic heterocycles. The fraction of sp³-hybridized carbons (Fsp3) is 0.444. The molecular weight excluding hydrogens is 230 g/mol. The summed E-state index contributed by atoms with van der Waals surface area (Å²) in [5, 5.41) is 0. The van der Waals surface area contributed by atoms with E-state index in [9.17, 15) is 0 Å². The van der Waals surface area contributed by atoms with Gasteiger partial charge in [-0.05, 0) is 34.8 Å². The van der Waals surface area contributed by atoms with Gasteiger partial charge in [-0.3, -0.25) is 0 Å². The molecule has 0 aromatic carbocycles. The zero-order chi connectivity index (χ0) is 9.26. The third-order valence-electron chi connectivity index (χ3n) is 2.33. The van der Waals surface area contributed by atoms with Gasteiger partial charge in [0.1, 0.15) is 4.60 Å². The van der Waals surface area contributed by atoms with E-state index in [1.807, 2.05) is 6.07 Å². The second-order valence-electron chi connectivity index (χ2n) is 3.26. The fourth-order valence-electron chi connectivity index (χ4n) is 1.66. The number of halogens is 1. The summed E-state index contributed by atoms with van der Waals surface area (Å²) in [6.07, 6.45) is 4.23. The molecule has 0 unspecified atom stereocenters. The lowest BCUT2D eigenvalue weighted by molar-refractivity contribution is 0.949. The van der Waals surface area contributed by atoms with E-state index in [1.54, 1.807) is 6.20 Å². The SMILES string of the molecule is Nc1cnc(Br)cc1N1CCCC1. The highest BCUT2D eigenvalue weighted by atomic mass is 79.9. The van der Waals surface area contributed by atoms with E-state index in [0.717, 1.165) is 29.1 Å². The van der Waals surface area contributed by atoms with Gasteiger partial charge < -0.3 is 10.6 Å². The van der Waals surface area contributed by atoms with Crippen LogP contribution in [0.25, 0.3) is 0 Å². The van der Waals surface area contributed by atoms with E-state index in [1.165, 1.54) is 12.8 Å². The monoisotopic (exact) mass is 241 g/mol. The molecule has 1 aromatic rings. The van der Waals surface area contributed by atoms with Crippen LogP contribution in [0, 0.1) is 0 Å². The third-order valence-corrected chi connectivity index (χ3v) is 2.76. The Morgan fingerprint density at radius 2 is 2.08 bits per heavy atom. The number of nitrogens with two attached hydrogens (primary N) is 1. The van der Waals surface area contributed by atoms with Crippen molar-refractivity contribution in [2.24, 2.45) is 0 Å². The van der Waals surface area contributed by atoms with Crippen LogP contribution in [0.1, 0.15) is 12.8 Å². The summed E-state index contributed by atoms with van der Waals surface area (Å²) in [6.45, 7) is 2.22. The van der Waals surface area contributed by atoms with E-state index in [-0.39, 0.29) is 0 Å². The molecule has 0 amide bonds. The molecule has 2 rings (SSSR count). The molecule has 0 saturated carbocycles. The molecule has 4 heteroatoms. The van der Waals surface area contributed by atoms with Gasteiger partial charge >= 0.3 is 0 Å². The van der Waals surface area contributed by atoms with Crippen LogP contribution in [-0.2, 0) is 0 Å². The Kier molecular flexibility index (Phi) is 2.40. The predicted octanol–water partition coefficient (Wildman–Crippen LogP) is 2.03. The van der Waals surface area contributed by atoms with Crippen molar-refractivity contribution in [3.05, 3.63) is 16.9 Å². The van der Waals surface area contributed by atoms with E-state index >= 15 is 0 Å². The highest BCUT2D eigenvalue weighted by Gasteiger charge is 2.14. The molecule has 0 spiro atoms. The standard InChI is InChI=1S/C9H12BrN3/c10-9-5-8(7(11)6-12-9)13-3-1-2-4-13/h5-6H,1-4,11H2. The average molecular weight is 242 g/mol. The minimum absolute atomic E-state index is 0.769. The molecule has 0 radical (unpaired) electrons. The minimum Gasteiger partial charge on any atom is -0.396 e. The molecule has 1 aliphatic rings. The first kappa shape index (κ1) is 8.81. The van der Waals surface area contributed by atoms with Crippen molar-refractivity contribution >= 4 is 27.3 Å². The Labute approximate surface area is 86.1 Å². The van der Waals surface area contributed by atoms with E-state index in [2.05, 4.69) is 25.8 Å². The summed E-state index contributed by atoms with van der Waals surface area (Å²) in [5.41, 5.74) is 7.72. The lowest BCUT2D eigenvalue weighted by Crippen LogP contribution is -2.19. The van der Waals surface area contributed by atoms with Crippen LogP contribution >= 0.6 is 15.9 Å². The van der Waals surface area contributed by atoms with E-state index in [4.69, 9.17) is 5.73 Å². The van der Waals surface area contributed by atoms with Gasteiger partial charge in [0.05, 0.1) is 17.6 Å². The summed E-state index contributed by atoms with van der Waals surface area (Å²) >= 11 is 3.35. The smallest absolute Gasteiger partial charge is 0.108 e. The number of nitrogen functional groups attached to an aromatic ring is 1. The topological polar surface area (TPSA) is 42.1 Å². The van der Waals surface area contributed by atoms with Crippen LogP contribution in [0.4, 0.5) is 11.4 Å². The molecule has 13 heavy (non-hydrogen) atoms. The third kappa shape index (κ3) is 1.77.